The minimum absolute atomic E-state index is 0.0468. The predicted molar refractivity (Wildman–Crippen MR) is 130 cm³/mol. The molecular formula is C27H32N2O6. The van der Waals surface area contributed by atoms with E-state index in [9.17, 15) is 19.5 Å². The number of nitrogens with one attached hydrogen (secondary N) is 2. The van der Waals surface area contributed by atoms with Gasteiger partial charge >= 0.3 is 12.1 Å². The summed E-state index contributed by atoms with van der Waals surface area (Å²) >= 11 is 0. The van der Waals surface area contributed by atoms with Crippen molar-refractivity contribution < 1.29 is 29.3 Å². The number of aliphatic hydroxyl groups excluding tert-OH is 1. The van der Waals surface area contributed by atoms with E-state index >= 15 is 0 Å². The largest absolute Gasteiger partial charge is 0.481 e. The van der Waals surface area contributed by atoms with Crippen molar-refractivity contribution in [3.05, 3.63) is 59.7 Å². The fourth-order valence-electron chi connectivity index (χ4n) is 5.30. The van der Waals surface area contributed by atoms with Crippen LogP contribution in [0.5, 0.6) is 0 Å². The van der Waals surface area contributed by atoms with Crippen molar-refractivity contribution in [3.63, 3.8) is 0 Å². The molecule has 0 radical (unpaired) electrons. The average molecular weight is 481 g/mol. The summed E-state index contributed by atoms with van der Waals surface area (Å²) in [6.07, 6.45) is 2.02. The highest BCUT2D eigenvalue weighted by molar-refractivity contribution is 5.80. The number of carbonyl (C=O) groups excluding carboxylic acids is 2. The first kappa shape index (κ1) is 24.7. The van der Waals surface area contributed by atoms with Gasteiger partial charge in [0, 0.05) is 18.9 Å². The average Bonchev–Trinajstić information content (AvgIpc) is 3.15. The normalized spacial score (nSPS) is 17.1. The summed E-state index contributed by atoms with van der Waals surface area (Å²) in [6, 6.07) is 16.3. The zero-order valence-electron chi connectivity index (χ0n) is 19.7. The number of hydrogen-bond donors (Lipinski definition) is 4. The predicted octanol–water partition coefficient (Wildman–Crippen LogP) is 3.57. The zero-order valence-corrected chi connectivity index (χ0v) is 19.7. The van der Waals surface area contributed by atoms with Crippen molar-refractivity contribution in [1.29, 1.82) is 0 Å². The van der Waals surface area contributed by atoms with Crippen LogP contribution in [0.1, 0.15) is 62.0 Å². The topological polar surface area (TPSA) is 125 Å². The molecule has 2 aromatic rings. The second-order valence-corrected chi connectivity index (χ2v) is 9.52. The summed E-state index contributed by atoms with van der Waals surface area (Å²) in [6.45, 7) is 0.0513. The molecule has 0 saturated heterocycles. The van der Waals surface area contributed by atoms with E-state index in [1.165, 1.54) is 0 Å². The number of alkyl carbamates (subject to hydrolysis) is 1. The zero-order chi connectivity index (χ0) is 24.8. The number of benzene rings is 2. The van der Waals surface area contributed by atoms with Crippen molar-refractivity contribution in [2.75, 3.05) is 13.2 Å². The van der Waals surface area contributed by atoms with E-state index in [4.69, 9.17) is 9.84 Å². The first-order valence-electron chi connectivity index (χ1n) is 12.2. The molecular weight excluding hydrogens is 448 g/mol. The second-order valence-electron chi connectivity index (χ2n) is 9.52. The number of ether oxygens (including phenoxy) is 1. The van der Waals surface area contributed by atoms with E-state index in [2.05, 4.69) is 34.9 Å². The summed E-state index contributed by atoms with van der Waals surface area (Å²) in [4.78, 5) is 36.2. The molecule has 0 aliphatic heterocycles. The Morgan fingerprint density at radius 1 is 0.971 bits per heavy atom. The monoisotopic (exact) mass is 480 g/mol. The van der Waals surface area contributed by atoms with E-state index in [0.717, 1.165) is 41.5 Å². The Balaban J connectivity index is 1.37. The highest BCUT2D eigenvalue weighted by atomic mass is 16.5. The first-order valence-corrected chi connectivity index (χ1v) is 12.2. The Labute approximate surface area is 204 Å². The molecule has 4 rings (SSSR count). The molecule has 8 heteroatoms. The lowest BCUT2D eigenvalue weighted by molar-refractivity contribution is -0.139. The maximum Gasteiger partial charge on any atom is 0.407 e. The van der Waals surface area contributed by atoms with Gasteiger partial charge in [0.1, 0.15) is 6.61 Å². The molecule has 2 aromatic carbocycles. The molecule has 4 N–H and O–H groups in total. The van der Waals surface area contributed by atoms with E-state index in [1.54, 1.807) is 0 Å². The van der Waals surface area contributed by atoms with Crippen molar-refractivity contribution in [1.82, 2.24) is 10.6 Å². The van der Waals surface area contributed by atoms with Crippen LogP contribution in [0, 0.1) is 0 Å². The lowest BCUT2D eigenvalue weighted by Crippen LogP contribution is -2.53. The van der Waals surface area contributed by atoms with Crippen LogP contribution in [-0.2, 0) is 14.3 Å². The SMILES string of the molecule is O=C(O)CC(O)CNC(=O)CC1(NC(=O)OCC2c3ccccc3-c3ccccc32)CCCCC1. The minimum atomic E-state index is -1.16. The summed E-state index contributed by atoms with van der Waals surface area (Å²) in [5, 5.41) is 24.0. The van der Waals surface area contributed by atoms with Crippen molar-refractivity contribution in [2.24, 2.45) is 0 Å². The highest BCUT2D eigenvalue weighted by Crippen LogP contribution is 2.44. The summed E-state index contributed by atoms with van der Waals surface area (Å²) < 4.78 is 5.70. The quantitative estimate of drug-likeness (QED) is 0.435. The van der Waals surface area contributed by atoms with Crippen molar-refractivity contribution in [3.8, 4) is 11.1 Å². The Morgan fingerprint density at radius 2 is 1.57 bits per heavy atom. The van der Waals surface area contributed by atoms with E-state index in [0.29, 0.717) is 12.8 Å². The summed E-state index contributed by atoms with van der Waals surface area (Å²) in [7, 11) is 0. The van der Waals surface area contributed by atoms with Crippen LogP contribution in [0.2, 0.25) is 0 Å². The van der Waals surface area contributed by atoms with Gasteiger partial charge in [-0.15, -0.1) is 0 Å². The van der Waals surface area contributed by atoms with Crippen LogP contribution in [0.3, 0.4) is 0 Å². The van der Waals surface area contributed by atoms with Crippen LogP contribution in [0.4, 0.5) is 4.79 Å². The number of rotatable bonds is 9. The number of hydrogen-bond acceptors (Lipinski definition) is 5. The van der Waals surface area contributed by atoms with Crippen LogP contribution < -0.4 is 10.6 Å². The molecule has 0 heterocycles. The lowest BCUT2D eigenvalue weighted by Gasteiger charge is -2.37. The van der Waals surface area contributed by atoms with Gasteiger partial charge in [-0.05, 0) is 35.1 Å². The Bertz CT molecular complexity index is 1030. The number of amides is 2. The number of carboxylic acid groups (broad SMARTS) is 1. The van der Waals surface area contributed by atoms with Crippen LogP contribution >= 0.6 is 0 Å². The molecule has 2 amide bonds. The summed E-state index contributed by atoms with van der Waals surface area (Å²) in [5.74, 6) is -1.52. The smallest absolute Gasteiger partial charge is 0.407 e. The third kappa shape index (κ3) is 6.00. The van der Waals surface area contributed by atoms with Crippen LogP contribution in [-0.4, -0.2) is 53.0 Å². The molecule has 0 spiro atoms. The van der Waals surface area contributed by atoms with Gasteiger partial charge in [0.05, 0.1) is 18.1 Å². The van der Waals surface area contributed by atoms with Crippen molar-refractivity contribution >= 4 is 18.0 Å². The molecule has 35 heavy (non-hydrogen) atoms. The molecule has 186 valence electrons. The molecule has 2 aliphatic carbocycles. The number of fused-ring (bicyclic) bond motifs is 3. The molecule has 2 aliphatic rings. The van der Waals surface area contributed by atoms with Gasteiger partial charge in [-0.3, -0.25) is 9.59 Å². The highest BCUT2D eigenvalue weighted by Gasteiger charge is 2.37. The van der Waals surface area contributed by atoms with Crippen LogP contribution in [0.25, 0.3) is 11.1 Å². The van der Waals surface area contributed by atoms with Gasteiger partial charge in [-0.2, -0.15) is 0 Å². The van der Waals surface area contributed by atoms with Crippen molar-refractivity contribution in [2.45, 2.75) is 62.5 Å². The second kappa shape index (κ2) is 10.9. The maximum absolute atomic E-state index is 12.9. The van der Waals surface area contributed by atoms with Gasteiger partial charge in [-0.1, -0.05) is 67.8 Å². The Kier molecular flexibility index (Phi) is 7.70. The molecule has 1 saturated carbocycles. The first-order chi connectivity index (χ1) is 16.9. The van der Waals surface area contributed by atoms with Gasteiger partial charge in [0.2, 0.25) is 5.91 Å². The molecule has 8 nitrogen and oxygen atoms in total. The van der Waals surface area contributed by atoms with Gasteiger partial charge in [0.25, 0.3) is 0 Å². The number of aliphatic hydroxyl groups is 1. The number of aliphatic carboxylic acids is 1. The molecule has 1 atom stereocenters. The summed E-state index contributed by atoms with van der Waals surface area (Å²) in [5.41, 5.74) is 3.86. The third-order valence-corrected chi connectivity index (χ3v) is 6.97. The van der Waals surface area contributed by atoms with E-state index < -0.39 is 30.1 Å². The number of carboxylic acids is 1. The standard InChI is InChI=1S/C27H32N2O6/c30-18(14-25(32)33)16-28-24(31)15-27(12-6-1-7-13-27)29-26(34)35-17-23-21-10-4-2-8-19(21)20-9-3-5-11-22(20)23/h2-5,8-11,18,23,30H,1,6-7,12-17H2,(H,28,31)(H,29,34)(H,32,33). The fourth-order valence-corrected chi connectivity index (χ4v) is 5.30. The van der Waals surface area contributed by atoms with Crippen LogP contribution in [0.15, 0.2) is 48.5 Å². The van der Waals surface area contributed by atoms with Gasteiger partial charge < -0.3 is 25.6 Å². The molecule has 1 fully saturated rings. The fraction of sp³-hybridized carbons (Fsp3) is 0.444. The van der Waals surface area contributed by atoms with E-state index in [1.807, 2.05) is 24.3 Å². The molecule has 0 bridgehead atoms. The Morgan fingerprint density at radius 3 is 2.17 bits per heavy atom. The van der Waals surface area contributed by atoms with Gasteiger partial charge in [0.15, 0.2) is 0 Å². The molecule has 0 aromatic heterocycles. The Hall–Kier alpha value is -3.39. The van der Waals surface area contributed by atoms with E-state index in [-0.39, 0.29) is 31.4 Å². The number of carbonyl (C=O) groups is 3. The lowest BCUT2D eigenvalue weighted by atomic mass is 9.79. The van der Waals surface area contributed by atoms with Gasteiger partial charge in [-0.25, -0.2) is 4.79 Å². The molecule has 1 unspecified atom stereocenters. The maximum atomic E-state index is 12.9. The third-order valence-electron chi connectivity index (χ3n) is 6.97. The minimum Gasteiger partial charge on any atom is -0.481 e.